The number of carboxylic acid groups (broad SMARTS) is 1. The maximum Gasteiger partial charge on any atom is 0.335 e. The monoisotopic (exact) mass is 292 g/mol. The first kappa shape index (κ1) is 19.7. The molecule has 0 saturated carbocycles. The number of allylic oxidation sites excluding steroid dienone is 4. The molecule has 0 spiro atoms. The maximum absolute atomic E-state index is 10.7. The van der Waals surface area contributed by atoms with E-state index in [4.69, 9.17) is 5.11 Å². The highest BCUT2D eigenvalue weighted by molar-refractivity contribution is 5.89. The summed E-state index contributed by atoms with van der Waals surface area (Å²) in [7, 11) is 0. The van der Waals surface area contributed by atoms with E-state index >= 15 is 0 Å². The van der Waals surface area contributed by atoms with Crippen LogP contribution in [-0.2, 0) is 4.79 Å². The number of hydrogen-bond donors (Lipinski definition) is 1. The topological polar surface area (TPSA) is 37.3 Å². The van der Waals surface area contributed by atoms with Crippen molar-refractivity contribution in [2.24, 2.45) is 0 Å². The number of rotatable bonds is 13. The summed E-state index contributed by atoms with van der Waals surface area (Å²) < 4.78 is 0. The Kier molecular flexibility index (Phi) is 14.1. The second-order valence-electron chi connectivity index (χ2n) is 5.45. The lowest BCUT2D eigenvalue weighted by Gasteiger charge is -2.00. The molecule has 0 aliphatic heterocycles. The highest BCUT2D eigenvalue weighted by atomic mass is 16.4. The van der Waals surface area contributed by atoms with Gasteiger partial charge in [0.25, 0.3) is 0 Å². The molecule has 0 aliphatic rings. The fraction of sp³-hybridized carbons (Fsp3) is 0.632. The zero-order valence-corrected chi connectivity index (χ0v) is 13.8. The van der Waals surface area contributed by atoms with Gasteiger partial charge < -0.3 is 5.11 Å². The minimum absolute atomic E-state index is 0.336. The standard InChI is InChI=1S/C19H32O2/c1-3-5-6-7-8-9-10-11-12-13-14-15-16-17-18(4-2)19(20)21/h4,14-17H,3,5-13H2,1-2H3,(H,20,21)/b15-14+,17-16+,18-4-. The number of hydrogen-bond acceptors (Lipinski definition) is 1. The van der Waals surface area contributed by atoms with E-state index in [1.165, 1.54) is 57.8 Å². The van der Waals surface area contributed by atoms with E-state index in [0.29, 0.717) is 5.57 Å². The Morgan fingerprint density at radius 3 is 2.00 bits per heavy atom. The molecule has 1 N–H and O–H groups in total. The Morgan fingerprint density at radius 2 is 1.48 bits per heavy atom. The van der Waals surface area contributed by atoms with Crippen LogP contribution in [0.1, 0.15) is 78.1 Å². The largest absolute Gasteiger partial charge is 0.478 e. The molecule has 0 rings (SSSR count). The molecule has 0 saturated heterocycles. The molecule has 0 bridgehead atoms. The zero-order chi connectivity index (χ0) is 15.8. The van der Waals surface area contributed by atoms with Crippen molar-refractivity contribution in [3.63, 3.8) is 0 Å². The molecule has 0 amide bonds. The average molecular weight is 292 g/mol. The number of carbonyl (C=O) groups is 1. The summed E-state index contributed by atoms with van der Waals surface area (Å²) in [5.74, 6) is -0.874. The summed E-state index contributed by atoms with van der Waals surface area (Å²) >= 11 is 0. The van der Waals surface area contributed by atoms with Crippen LogP contribution in [0.3, 0.4) is 0 Å². The summed E-state index contributed by atoms with van der Waals surface area (Å²) in [6.45, 7) is 3.99. The summed E-state index contributed by atoms with van der Waals surface area (Å²) in [6.07, 6.45) is 22.3. The number of carboxylic acids is 1. The maximum atomic E-state index is 10.7. The van der Waals surface area contributed by atoms with Crippen LogP contribution < -0.4 is 0 Å². The van der Waals surface area contributed by atoms with Crippen molar-refractivity contribution in [1.29, 1.82) is 0 Å². The van der Waals surface area contributed by atoms with Gasteiger partial charge in [-0.05, 0) is 25.8 Å². The van der Waals surface area contributed by atoms with Crippen LogP contribution >= 0.6 is 0 Å². The second-order valence-corrected chi connectivity index (χ2v) is 5.45. The van der Waals surface area contributed by atoms with Crippen LogP contribution in [0.25, 0.3) is 0 Å². The predicted octanol–water partition coefficient (Wildman–Crippen LogP) is 6.05. The fourth-order valence-electron chi connectivity index (χ4n) is 2.20. The predicted molar refractivity (Wildman–Crippen MR) is 91.5 cm³/mol. The SMILES string of the molecule is C/C=C(/C=C/C=C/CCCCCCCCCCC)C(=O)O. The van der Waals surface area contributed by atoms with Crippen LogP contribution in [0.5, 0.6) is 0 Å². The quantitative estimate of drug-likeness (QED) is 0.255. The lowest BCUT2D eigenvalue weighted by molar-refractivity contribution is -0.132. The van der Waals surface area contributed by atoms with Crippen molar-refractivity contribution in [2.75, 3.05) is 0 Å². The second kappa shape index (κ2) is 15.1. The molecule has 2 heteroatoms. The Bertz CT molecular complexity index is 337. The van der Waals surface area contributed by atoms with Gasteiger partial charge in [0.1, 0.15) is 0 Å². The van der Waals surface area contributed by atoms with Gasteiger partial charge in [-0.15, -0.1) is 0 Å². The van der Waals surface area contributed by atoms with Crippen LogP contribution in [0, 0.1) is 0 Å². The smallest absolute Gasteiger partial charge is 0.335 e. The first-order valence-electron chi connectivity index (χ1n) is 8.45. The van der Waals surface area contributed by atoms with E-state index in [2.05, 4.69) is 13.0 Å². The Balaban J connectivity index is 3.44. The van der Waals surface area contributed by atoms with Crippen molar-refractivity contribution < 1.29 is 9.90 Å². The summed E-state index contributed by atoms with van der Waals surface area (Å²) in [5.41, 5.74) is 0.336. The van der Waals surface area contributed by atoms with Crippen LogP contribution in [0.2, 0.25) is 0 Å². The van der Waals surface area contributed by atoms with E-state index in [-0.39, 0.29) is 0 Å². The molecular formula is C19H32O2. The highest BCUT2D eigenvalue weighted by Crippen LogP contribution is 2.10. The van der Waals surface area contributed by atoms with Crippen LogP contribution in [0.15, 0.2) is 36.0 Å². The van der Waals surface area contributed by atoms with Gasteiger partial charge in [-0.3, -0.25) is 0 Å². The van der Waals surface area contributed by atoms with E-state index in [9.17, 15) is 4.79 Å². The summed E-state index contributed by atoms with van der Waals surface area (Å²) in [6, 6.07) is 0. The lowest BCUT2D eigenvalue weighted by Crippen LogP contribution is -1.96. The molecule has 0 atom stereocenters. The van der Waals surface area contributed by atoms with Gasteiger partial charge in [-0.25, -0.2) is 4.79 Å². The minimum Gasteiger partial charge on any atom is -0.478 e. The van der Waals surface area contributed by atoms with Gasteiger partial charge >= 0.3 is 5.97 Å². The van der Waals surface area contributed by atoms with Gasteiger partial charge in [0.15, 0.2) is 0 Å². The Hall–Kier alpha value is -1.31. The molecular weight excluding hydrogens is 260 g/mol. The fourth-order valence-corrected chi connectivity index (χ4v) is 2.20. The van der Waals surface area contributed by atoms with Crippen LogP contribution in [-0.4, -0.2) is 11.1 Å². The van der Waals surface area contributed by atoms with Gasteiger partial charge in [0.05, 0.1) is 5.57 Å². The molecule has 0 fully saturated rings. The third-order valence-corrected chi connectivity index (χ3v) is 3.56. The molecule has 0 unspecified atom stereocenters. The average Bonchev–Trinajstić information content (AvgIpc) is 2.47. The first-order valence-corrected chi connectivity index (χ1v) is 8.45. The molecule has 0 radical (unpaired) electrons. The van der Waals surface area contributed by atoms with E-state index in [1.807, 2.05) is 6.08 Å². The van der Waals surface area contributed by atoms with Crippen molar-refractivity contribution in [1.82, 2.24) is 0 Å². The van der Waals surface area contributed by atoms with E-state index < -0.39 is 5.97 Å². The normalized spacial score (nSPS) is 12.6. The van der Waals surface area contributed by atoms with E-state index in [0.717, 1.165) is 6.42 Å². The van der Waals surface area contributed by atoms with Gasteiger partial charge in [-0.2, -0.15) is 0 Å². The molecule has 0 aromatic rings. The number of aliphatic carboxylic acids is 1. The van der Waals surface area contributed by atoms with Gasteiger partial charge in [0.2, 0.25) is 0 Å². The highest BCUT2D eigenvalue weighted by Gasteiger charge is 1.98. The molecule has 0 aromatic carbocycles. The third kappa shape index (κ3) is 13.4. The number of unbranched alkanes of at least 4 members (excludes halogenated alkanes) is 9. The Morgan fingerprint density at radius 1 is 0.905 bits per heavy atom. The molecule has 21 heavy (non-hydrogen) atoms. The van der Waals surface area contributed by atoms with Crippen molar-refractivity contribution in [3.8, 4) is 0 Å². The minimum atomic E-state index is -0.874. The molecule has 0 aromatic heterocycles. The van der Waals surface area contributed by atoms with E-state index in [1.54, 1.807) is 25.2 Å². The molecule has 0 heterocycles. The molecule has 0 aliphatic carbocycles. The first-order chi connectivity index (χ1) is 10.2. The molecule has 120 valence electrons. The molecule has 2 nitrogen and oxygen atoms in total. The Labute approximate surface area is 130 Å². The van der Waals surface area contributed by atoms with Crippen LogP contribution in [0.4, 0.5) is 0 Å². The summed E-state index contributed by atoms with van der Waals surface area (Å²) in [4.78, 5) is 10.7. The lowest BCUT2D eigenvalue weighted by atomic mass is 10.1. The van der Waals surface area contributed by atoms with Crippen molar-refractivity contribution in [2.45, 2.75) is 78.1 Å². The van der Waals surface area contributed by atoms with Gasteiger partial charge in [0, 0.05) is 0 Å². The van der Waals surface area contributed by atoms with Gasteiger partial charge in [-0.1, -0.05) is 82.6 Å². The van der Waals surface area contributed by atoms with Crippen molar-refractivity contribution in [3.05, 3.63) is 36.0 Å². The zero-order valence-electron chi connectivity index (χ0n) is 13.8. The van der Waals surface area contributed by atoms with Crippen molar-refractivity contribution >= 4 is 5.97 Å². The third-order valence-electron chi connectivity index (χ3n) is 3.56. The summed E-state index contributed by atoms with van der Waals surface area (Å²) in [5, 5.41) is 8.82.